The van der Waals surface area contributed by atoms with Gasteiger partial charge in [-0.3, -0.25) is 14.4 Å². The van der Waals surface area contributed by atoms with Crippen LogP contribution in [-0.4, -0.2) is 96.8 Å². The average molecular weight is 920 g/mol. The molecule has 20 heteroatoms. The fourth-order valence-corrected chi connectivity index (χ4v) is 9.30. The second kappa shape index (κ2) is 17.5. The maximum absolute atomic E-state index is 14.9. The van der Waals surface area contributed by atoms with E-state index in [1.54, 1.807) is 53.0 Å². The van der Waals surface area contributed by atoms with E-state index in [0.29, 0.717) is 51.7 Å². The Hall–Kier alpha value is -5.08. The molecule has 63 heavy (non-hydrogen) atoms. The summed E-state index contributed by atoms with van der Waals surface area (Å²) in [7, 11) is -0.213. The second-order valence-electron chi connectivity index (χ2n) is 17.7. The molecule has 1 aliphatic carbocycles. The summed E-state index contributed by atoms with van der Waals surface area (Å²) in [6.07, 6.45) is -5.33. The number of fused-ring (bicyclic) bond motifs is 1. The van der Waals surface area contributed by atoms with E-state index in [4.69, 9.17) is 19.4 Å². The molecule has 6 rings (SSSR count). The van der Waals surface area contributed by atoms with Gasteiger partial charge in [0.2, 0.25) is 11.8 Å². The minimum Gasteiger partial charge on any atom is -0.496 e. The summed E-state index contributed by atoms with van der Waals surface area (Å²) in [5.41, 5.74) is -1.54. The lowest BCUT2D eigenvalue weighted by molar-refractivity contribution is -0.141. The molecule has 0 radical (unpaired) electrons. The van der Waals surface area contributed by atoms with Crippen LogP contribution in [0.1, 0.15) is 83.5 Å². The molecule has 5 atom stereocenters. The van der Waals surface area contributed by atoms with Gasteiger partial charge < -0.3 is 25.0 Å². The summed E-state index contributed by atoms with van der Waals surface area (Å²) >= 11 is 1.41. The molecule has 2 aromatic heterocycles. The number of hydrogen-bond acceptors (Lipinski definition) is 11. The van der Waals surface area contributed by atoms with Gasteiger partial charge in [0.05, 0.1) is 30.4 Å². The van der Waals surface area contributed by atoms with Gasteiger partial charge in [-0.15, -0.1) is 11.3 Å². The number of alkyl halides is 3. The summed E-state index contributed by atoms with van der Waals surface area (Å²) in [6, 6.07) is 4.55. The lowest BCUT2D eigenvalue weighted by atomic mass is 9.85. The van der Waals surface area contributed by atoms with Crippen LogP contribution in [0.3, 0.4) is 0 Å². The van der Waals surface area contributed by atoms with Crippen LogP contribution >= 0.6 is 11.3 Å². The van der Waals surface area contributed by atoms with Gasteiger partial charge in [0, 0.05) is 48.6 Å². The highest BCUT2D eigenvalue weighted by Crippen LogP contribution is 2.47. The fraction of sp³-hybridized carbons (Fsp3) is 0.512. The normalized spacial score (nSPS) is 20.8. The molecule has 4 aromatic rings. The van der Waals surface area contributed by atoms with Crippen molar-refractivity contribution in [2.75, 3.05) is 33.1 Å². The molecular weight excluding hydrogens is 867 g/mol. The summed E-state index contributed by atoms with van der Waals surface area (Å²) in [5, 5.41) is 8.79. The Bertz CT molecular complexity index is 2530. The molecule has 1 saturated carbocycles. The number of benzene rings is 2. The van der Waals surface area contributed by atoms with Gasteiger partial charge >= 0.3 is 16.4 Å². The summed E-state index contributed by atoms with van der Waals surface area (Å²) < 4.78 is 96.6. The van der Waals surface area contributed by atoms with E-state index in [2.05, 4.69) is 10.6 Å². The second-order valence-corrected chi connectivity index (χ2v) is 20.4. The molecule has 2 aromatic carbocycles. The van der Waals surface area contributed by atoms with Crippen molar-refractivity contribution < 1.29 is 49.8 Å². The molecule has 14 nitrogen and oxygen atoms in total. The fourth-order valence-electron chi connectivity index (χ4n) is 7.76. The molecule has 1 saturated heterocycles. The summed E-state index contributed by atoms with van der Waals surface area (Å²) in [4.78, 5) is 54.2. The van der Waals surface area contributed by atoms with E-state index in [-0.39, 0.29) is 31.0 Å². The SMILES string of the molecule is CC[C@@H]1C[C@]1(NC(=O)[C@@H]1C[C@@H](Oc2cc(-c3nc(C(C)C)cs3)nc3c(C)c(OC)ccc23)CN1C(=O)[C@@H](Nc1cc(F)cc(C(F)(F)F)c1)C(C)(C)C)C(=O)NS(=O)(=O)N(C)C. The van der Waals surface area contributed by atoms with Crippen molar-refractivity contribution >= 4 is 55.9 Å². The number of carbonyl (C=O) groups is 3. The van der Waals surface area contributed by atoms with Crippen LogP contribution in [0.25, 0.3) is 21.6 Å². The van der Waals surface area contributed by atoms with E-state index in [9.17, 15) is 40.4 Å². The number of anilines is 1. The van der Waals surface area contributed by atoms with E-state index in [0.717, 1.165) is 21.6 Å². The van der Waals surface area contributed by atoms with Gasteiger partial charge in [-0.05, 0) is 60.9 Å². The Morgan fingerprint density at radius 1 is 1.06 bits per heavy atom. The van der Waals surface area contributed by atoms with Crippen LogP contribution in [0.2, 0.25) is 0 Å². The molecule has 0 bridgehead atoms. The highest BCUT2D eigenvalue weighted by Gasteiger charge is 2.62. The number of rotatable bonds is 14. The molecule has 342 valence electrons. The van der Waals surface area contributed by atoms with E-state index in [1.807, 2.05) is 30.9 Å². The van der Waals surface area contributed by atoms with Crippen molar-refractivity contribution in [3.05, 3.63) is 64.4 Å². The number of aromatic nitrogens is 2. The van der Waals surface area contributed by atoms with Crippen LogP contribution in [-0.2, 0) is 30.8 Å². The predicted octanol–water partition coefficient (Wildman–Crippen LogP) is 7.04. The quantitative estimate of drug-likeness (QED) is 0.112. The van der Waals surface area contributed by atoms with E-state index in [1.165, 1.54) is 30.3 Å². The standard InChI is InChI=1S/C43H53F4N7O7S2/c1-11-24-19-42(24,40(57)52-63(58,59)53(8)9)51-37(55)32-17-28(20-54(32)39(56)36(41(5,6)7)48-27-15-25(43(45,46)47)14-26(44)16-27)61-34-18-30(38-50-31(21-62-38)22(2)3)49-35-23(4)33(60-10)13-12-29(34)35/h12-16,18,21-22,24,28,32,36,48H,11,17,19-20H2,1-10H3,(H,51,55)(H,52,57)/t24-,28-,32+,36-,42-/m1/s1. The Kier molecular flexibility index (Phi) is 13.1. The Balaban J connectivity index is 1.41. The van der Waals surface area contributed by atoms with Crippen LogP contribution in [0.15, 0.2) is 41.8 Å². The monoisotopic (exact) mass is 919 g/mol. The minimum absolute atomic E-state index is 0.111. The molecule has 0 spiro atoms. The molecular formula is C43H53F4N7O7S2. The molecule has 0 unspecified atom stereocenters. The van der Waals surface area contributed by atoms with Crippen LogP contribution in [0.5, 0.6) is 11.5 Å². The maximum atomic E-state index is 14.9. The third-order valence-electron chi connectivity index (χ3n) is 11.5. The van der Waals surface area contributed by atoms with E-state index >= 15 is 0 Å². The zero-order valence-electron chi connectivity index (χ0n) is 36.7. The lowest BCUT2D eigenvalue weighted by Crippen LogP contribution is -2.59. The Morgan fingerprint density at radius 2 is 1.76 bits per heavy atom. The van der Waals surface area contributed by atoms with Gasteiger partial charge in [-0.25, -0.2) is 19.1 Å². The third kappa shape index (κ3) is 9.87. The molecule has 2 fully saturated rings. The maximum Gasteiger partial charge on any atom is 0.416 e. The topological polar surface area (TPSA) is 172 Å². The third-order valence-corrected chi connectivity index (χ3v) is 13.8. The first kappa shape index (κ1) is 47.4. The molecule has 3 amide bonds. The first-order valence-electron chi connectivity index (χ1n) is 20.4. The van der Waals surface area contributed by atoms with Crippen molar-refractivity contribution in [1.29, 1.82) is 0 Å². The largest absolute Gasteiger partial charge is 0.496 e. The van der Waals surface area contributed by atoms with Gasteiger partial charge in [0.25, 0.3) is 5.91 Å². The van der Waals surface area contributed by atoms with Crippen molar-refractivity contribution in [2.24, 2.45) is 11.3 Å². The number of halogens is 4. The Morgan fingerprint density at radius 3 is 2.33 bits per heavy atom. The van der Waals surface area contributed by atoms with Crippen LogP contribution in [0, 0.1) is 24.1 Å². The van der Waals surface area contributed by atoms with Crippen molar-refractivity contribution in [1.82, 2.24) is 29.2 Å². The number of ether oxygens (including phenoxy) is 2. The van der Waals surface area contributed by atoms with Gasteiger partial charge in [0.1, 0.15) is 51.7 Å². The Labute approximate surface area is 368 Å². The number of methoxy groups -OCH3 is 1. The highest BCUT2D eigenvalue weighted by molar-refractivity contribution is 7.87. The molecule has 1 aliphatic heterocycles. The van der Waals surface area contributed by atoms with Crippen molar-refractivity contribution in [2.45, 2.75) is 104 Å². The van der Waals surface area contributed by atoms with Gasteiger partial charge in [0.15, 0.2) is 0 Å². The highest BCUT2D eigenvalue weighted by atomic mass is 32.2. The van der Waals surface area contributed by atoms with Gasteiger partial charge in [-0.2, -0.15) is 25.9 Å². The number of pyridine rings is 1. The van der Waals surface area contributed by atoms with Crippen molar-refractivity contribution in [3.63, 3.8) is 0 Å². The molecule has 3 N–H and O–H groups in total. The van der Waals surface area contributed by atoms with E-state index < -0.39 is 80.5 Å². The number of aryl methyl sites for hydroxylation is 1. The number of likely N-dealkylation sites (tertiary alicyclic amines) is 1. The zero-order valence-corrected chi connectivity index (χ0v) is 38.4. The minimum atomic E-state index is -4.88. The number of hydrogen-bond donors (Lipinski definition) is 3. The number of nitrogens with one attached hydrogen (secondary N) is 3. The first-order valence-corrected chi connectivity index (χ1v) is 22.7. The van der Waals surface area contributed by atoms with Crippen LogP contribution < -0.4 is 24.8 Å². The summed E-state index contributed by atoms with van der Waals surface area (Å²) in [5.74, 6) is -2.93. The number of carbonyl (C=O) groups excluding carboxylic acids is 3. The van der Waals surface area contributed by atoms with Crippen LogP contribution in [0.4, 0.5) is 23.2 Å². The number of nitrogens with zero attached hydrogens (tertiary/aromatic N) is 4. The first-order chi connectivity index (χ1) is 29.3. The zero-order chi connectivity index (χ0) is 46.6. The smallest absolute Gasteiger partial charge is 0.416 e. The lowest BCUT2D eigenvalue weighted by Gasteiger charge is -2.36. The predicted molar refractivity (Wildman–Crippen MR) is 231 cm³/mol. The van der Waals surface area contributed by atoms with Gasteiger partial charge in [-0.1, -0.05) is 48.0 Å². The number of thiazole rings is 1. The molecule has 2 aliphatic rings. The summed E-state index contributed by atoms with van der Waals surface area (Å²) in [6.45, 7) is 12.5. The average Bonchev–Trinajstić information content (AvgIpc) is 3.46. The van der Waals surface area contributed by atoms with Crippen molar-refractivity contribution in [3.8, 4) is 22.2 Å². The molecule has 3 heterocycles. The number of amides is 3.